The molecule has 1 aliphatic carbocycles. The minimum atomic E-state index is -0.290. The van der Waals surface area contributed by atoms with Crippen molar-refractivity contribution in [3.63, 3.8) is 0 Å². The van der Waals surface area contributed by atoms with E-state index < -0.39 is 0 Å². The first-order valence-electron chi connectivity index (χ1n) is 11.2. The zero-order valence-corrected chi connectivity index (χ0v) is 21.1. The van der Waals surface area contributed by atoms with Gasteiger partial charge in [0.25, 0.3) is 5.91 Å². The highest BCUT2D eigenvalue weighted by atomic mass is 79.9. The zero-order chi connectivity index (χ0) is 22.9. The van der Waals surface area contributed by atoms with E-state index >= 15 is 0 Å². The molecule has 1 fully saturated rings. The first-order chi connectivity index (χ1) is 15.4. The summed E-state index contributed by atoms with van der Waals surface area (Å²) in [7, 11) is 0. The maximum atomic E-state index is 12.5. The summed E-state index contributed by atoms with van der Waals surface area (Å²) in [6, 6.07) is 12.8. The molecule has 0 spiro atoms. The van der Waals surface area contributed by atoms with Crippen molar-refractivity contribution in [2.45, 2.75) is 58.5 Å². The van der Waals surface area contributed by atoms with E-state index in [0.29, 0.717) is 11.3 Å². The van der Waals surface area contributed by atoms with E-state index in [2.05, 4.69) is 26.6 Å². The number of halogens is 1. The van der Waals surface area contributed by atoms with Crippen LogP contribution in [0.1, 0.15) is 62.7 Å². The Hall–Kier alpha value is -2.12. The van der Waals surface area contributed by atoms with Gasteiger partial charge in [-0.15, -0.1) is 0 Å². The van der Waals surface area contributed by atoms with Gasteiger partial charge in [0.15, 0.2) is 5.11 Å². The van der Waals surface area contributed by atoms with Gasteiger partial charge in [0.05, 0.1) is 17.2 Å². The van der Waals surface area contributed by atoms with Crippen molar-refractivity contribution in [3.8, 4) is 11.5 Å². The summed E-state index contributed by atoms with van der Waals surface area (Å²) in [6.45, 7) is 4.66. The molecule has 2 aromatic carbocycles. The summed E-state index contributed by atoms with van der Waals surface area (Å²) in [5.41, 5.74) is 1.27. The molecule has 5 nitrogen and oxygen atoms in total. The molecular weight excluding hydrogens is 488 g/mol. The Morgan fingerprint density at radius 3 is 2.50 bits per heavy atom. The van der Waals surface area contributed by atoms with Crippen LogP contribution in [0.15, 0.2) is 46.9 Å². The van der Waals surface area contributed by atoms with Crippen LogP contribution in [0, 0.1) is 5.92 Å². The Balaban J connectivity index is 1.45. The number of thiocarbonyl (C=S) groups is 1. The van der Waals surface area contributed by atoms with E-state index in [0.717, 1.165) is 34.9 Å². The molecular formula is C25H31BrN2O3S. The molecule has 7 heteroatoms. The number of hydrogen-bond acceptors (Lipinski definition) is 4. The smallest absolute Gasteiger partial charge is 0.257 e. The summed E-state index contributed by atoms with van der Waals surface area (Å²) >= 11 is 8.74. The quantitative estimate of drug-likeness (QED) is 0.380. The van der Waals surface area contributed by atoms with Gasteiger partial charge in [-0.2, -0.15) is 0 Å². The Morgan fingerprint density at radius 1 is 1.12 bits per heavy atom. The fourth-order valence-electron chi connectivity index (χ4n) is 3.78. The molecule has 0 aromatic heterocycles. The van der Waals surface area contributed by atoms with Gasteiger partial charge in [-0.3, -0.25) is 10.1 Å². The van der Waals surface area contributed by atoms with Gasteiger partial charge in [-0.05, 0) is 96.8 Å². The van der Waals surface area contributed by atoms with Gasteiger partial charge in [-0.25, -0.2) is 0 Å². The Labute approximate surface area is 204 Å². The largest absolute Gasteiger partial charge is 0.494 e. The molecule has 0 saturated heterocycles. The van der Waals surface area contributed by atoms with E-state index in [9.17, 15) is 4.79 Å². The Kier molecular flexibility index (Phi) is 9.36. The van der Waals surface area contributed by atoms with E-state index in [4.69, 9.17) is 21.7 Å². The summed E-state index contributed by atoms with van der Waals surface area (Å²) in [5.74, 6) is 2.06. The lowest BCUT2D eigenvalue weighted by Crippen LogP contribution is -2.34. The van der Waals surface area contributed by atoms with Crippen LogP contribution in [0.3, 0.4) is 0 Å². The highest BCUT2D eigenvalue weighted by molar-refractivity contribution is 9.10. The molecule has 32 heavy (non-hydrogen) atoms. The van der Waals surface area contributed by atoms with E-state index in [-0.39, 0.29) is 17.1 Å². The molecule has 3 rings (SSSR count). The lowest BCUT2D eigenvalue weighted by Gasteiger charge is -2.21. The van der Waals surface area contributed by atoms with Crippen LogP contribution in [-0.4, -0.2) is 23.7 Å². The standard InChI is InChI=1S/C25H31BrN2O3S/c1-17(2)31-23-13-8-19(16-22(23)26)24(29)28-25(32)27-20-9-11-21(12-10-20)30-15-14-18-6-4-3-5-7-18/h8-13,16-18H,3-7,14-15H2,1-2H3,(H2,27,28,29,32). The molecule has 0 atom stereocenters. The molecule has 1 aliphatic rings. The number of ether oxygens (including phenoxy) is 2. The zero-order valence-electron chi connectivity index (χ0n) is 18.7. The average Bonchev–Trinajstić information content (AvgIpc) is 2.76. The number of anilines is 1. The maximum absolute atomic E-state index is 12.5. The SMILES string of the molecule is CC(C)Oc1ccc(C(=O)NC(=S)Nc2ccc(OCCC3CCCCC3)cc2)cc1Br. The minimum Gasteiger partial charge on any atom is -0.494 e. The summed E-state index contributed by atoms with van der Waals surface area (Å²) in [6.07, 6.45) is 7.94. The summed E-state index contributed by atoms with van der Waals surface area (Å²) in [4.78, 5) is 12.5. The third kappa shape index (κ3) is 7.78. The van der Waals surface area contributed by atoms with Crippen LogP contribution in [0.2, 0.25) is 0 Å². The van der Waals surface area contributed by atoms with Crippen LogP contribution in [0.25, 0.3) is 0 Å². The third-order valence-corrected chi connectivity index (χ3v) is 6.24. The summed E-state index contributed by atoms with van der Waals surface area (Å²) < 4.78 is 12.3. The predicted molar refractivity (Wildman–Crippen MR) is 137 cm³/mol. The molecule has 0 radical (unpaired) electrons. The first kappa shape index (κ1) is 24.5. The predicted octanol–water partition coefficient (Wildman–Crippen LogP) is 6.71. The van der Waals surface area contributed by atoms with E-state index in [1.165, 1.54) is 32.1 Å². The number of carbonyl (C=O) groups excluding carboxylic acids is 1. The number of nitrogens with one attached hydrogen (secondary N) is 2. The number of benzene rings is 2. The van der Waals surface area contributed by atoms with Crippen LogP contribution < -0.4 is 20.1 Å². The van der Waals surface area contributed by atoms with Crippen molar-refractivity contribution in [1.29, 1.82) is 0 Å². The number of hydrogen-bond donors (Lipinski definition) is 2. The van der Waals surface area contributed by atoms with Crippen molar-refractivity contribution in [1.82, 2.24) is 5.32 Å². The normalized spacial score (nSPS) is 14.1. The van der Waals surface area contributed by atoms with Crippen molar-refractivity contribution < 1.29 is 14.3 Å². The van der Waals surface area contributed by atoms with Crippen molar-refractivity contribution in [2.24, 2.45) is 5.92 Å². The molecule has 2 aromatic rings. The van der Waals surface area contributed by atoms with Crippen molar-refractivity contribution in [3.05, 3.63) is 52.5 Å². The molecule has 1 amide bonds. The lowest BCUT2D eigenvalue weighted by molar-refractivity contribution is 0.0977. The summed E-state index contributed by atoms with van der Waals surface area (Å²) in [5, 5.41) is 5.98. The number of amides is 1. The average molecular weight is 520 g/mol. The van der Waals surface area contributed by atoms with Gasteiger partial charge >= 0.3 is 0 Å². The maximum Gasteiger partial charge on any atom is 0.257 e. The topological polar surface area (TPSA) is 59.6 Å². The molecule has 0 bridgehead atoms. The first-order valence-corrected chi connectivity index (χ1v) is 12.4. The fraction of sp³-hybridized carbons (Fsp3) is 0.440. The van der Waals surface area contributed by atoms with Crippen LogP contribution in [0.4, 0.5) is 5.69 Å². The van der Waals surface area contributed by atoms with E-state index in [1.54, 1.807) is 18.2 Å². The Morgan fingerprint density at radius 2 is 1.84 bits per heavy atom. The van der Waals surface area contributed by atoms with Crippen molar-refractivity contribution in [2.75, 3.05) is 11.9 Å². The Bertz CT molecular complexity index is 912. The minimum absolute atomic E-state index is 0.0523. The molecule has 172 valence electrons. The van der Waals surface area contributed by atoms with E-state index in [1.807, 2.05) is 38.1 Å². The highest BCUT2D eigenvalue weighted by Crippen LogP contribution is 2.28. The van der Waals surface area contributed by atoms with Crippen LogP contribution >= 0.6 is 28.1 Å². The van der Waals surface area contributed by atoms with Gasteiger partial charge < -0.3 is 14.8 Å². The second-order valence-electron chi connectivity index (χ2n) is 8.39. The molecule has 0 aliphatic heterocycles. The third-order valence-electron chi connectivity index (χ3n) is 5.42. The van der Waals surface area contributed by atoms with Gasteiger partial charge in [0, 0.05) is 11.3 Å². The second-order valence-corrected chi connectivity index (χ2v) is 9.65. The van der Waals surface area contributed by atoms with Crippen LogP contribution in [-0.2, 0) is 0 Å². The highest BCUT2D eigenvalue weighted by Gasteiger charge is 2.14. The monoisotopic (exact) mass is 518 g/mol. The number of carbonyl (C=O) groups is 1. The molecule has 0 heterocycles. The van der Waals surface area contributed by atoms with Gasteiger partial charge in [0.1, 0.15) is 11.5 Å². The molecule has 2 N–H and O–H groups in total. The molecule has 1 saturated carbocycles. The van der Waals surface area contributed by atoms with Gasteiger partial charge in [-0.1, -0.05) is 32.1 Å². The second kappa shape index (κ2) is 12.2. The van der Waals surface area contributed by atoms with Crippen molar-refractivity contribution >= 4 is 44.9 Å². The lowest BCUT2D eigenvalue weighted by atomic mass is 9.87. The van der Waals surface area contributed by atoms with Gasteiger partial charge in [0.2, 0.25) is 0 Å². The number of rotatable bonds is 8. The molecule has 0 unspecified atom stereocenters. The fourth-order valence-corrected chi connectivity index (χ4v) is 4.47. The van der Waals surface area contributed by atoms with Crippen LogP contribution in [0.5, 0.6) is 11.5 Å².